The first-order chi connectivity index (χ1) is 9.88. The Morgan fingerprint density at radius 3 is 2.76 bits per heavy atom. The van der Waals surface area contributed by atoms with Crippen LogP contribution in [0.5, 0.6) is 0 Å². The molecule has 0 unspecified atom stereocenters. The molecule has 1 aromatic carbocycles. The zero-order valence-corrected chi connectivity index (χ0v) is 13.1. The number of nitro benzene ring substituents is 1. The van der Waals surface area contributed by atoms with Crippen molar-refractivity contribution in [3.63, 3.8) is 0 Å². The van der Waals surface area contributed by atoms with Crippen LogP contribution in [0.1, 0.15) is 15.9 Å². The molecule has 0 saturated heterocycles. The number of amides is 1. The van der Waals surface area contributed by atoms with Crippen molar-refractivity contribution in [2.24, 2.45) is 0 Å². The SMILES string of the molecule is Cc1ccc([N+](=O)[O-])c(C(=O)Nc2cnc(Cl)c(Br)c2)c1. The van der Waals surface area contributed by atoms with Gasteiger partial charge in [-0.3, -0.25) is 14.9 Å². The average Bonchev–Trinajstić information content (AvgIpc) is 2.42. The summed E-state index contributed by atoms with van der Waals surface area (Å²) in [6.07, 6.45) is 1.37. The number of carbonyl (C=O) groups is 1. The number of rotatable bonds is 3. The number of benzene rings is 1. The van der Waals surface area contributed by atoms with Crippen LogP contribution in [0.4, 0.5) is 11.4 Å². The molecule has 0 fully saturated rings. The maximum Gasteiger partial charge on any atom is 0.282 e. The van der Waals surface area contributed by atoms with E-state index in [2.05, 4.69) is 26.2 Å². The van der Waals surface area contributed by atoms with Gasteiger partial charge in [-0.05, 0) is 40.5 Å². The van der Waals surface area contributed by atoms with Gasteiger partial charge in [0.15, 0.2) is 0 Å². The van der Waals surface area contributed by atoms with Gasteiger partial charge in [0.1, 0.15) is 10.7 Å². The molecule has 1 amide bonds. The molecule has 0 aliphatic heterocycles. The number of aromatic nitrogens is 1. The van der Waals surface area contributed by atoms with Gasteiger partial charge < -0.3 is 5.32 Å². The van der Waals surface area contributed by atoms with Crippen LogP contribution < -0.4 is 5.32 Å². The first kappa shape index (κ1) is 15.4. The quantitative estimate of drug-likeness (QED) is 0.503. The van der Waals surface area contributed by atoms with Crippen LogP contribution in [0.25, 0.3) is 0 Å². The van der Waals surface area contributed by atoms with E-state index in [9.17, 15) is 14.9 Å². The molecule has 0 radical (unpaired) electrons. The monoisotopic (exact) mass is 369 g/mol. The van der Waals surface area contributed by atoms with E-state index in [-0.39, 0.29) is 16.4 Å². The average molecular weight is 371 g/mol. The van der Waals surface area contributed by atoms with Crippen LogP contribution in [0.3, 0.4) is 0 Å². The predicted octanol–water partition coefficient (Wildman–Crippen LogP) is 3.97. The Labute approximate surface area is 133 Å². The highest BCUT2D eigenvalue weighted by Gasteiger charge is 2.20. The summed E-state index contributed by atoms with van der Waals surface area (Å²) in [5.74, 6) is -0.582. The van der Waals surface area contributed by atoms with E-state index < -0.39 is 10.8 Å². The molecule has 0 saturated carbocycles. The van der Waals surface area contributed by atoms with E-state index in [4.69, 9.17) is 11.6 Å². The topological polar surface area (TPSA) is 85.1 Å². The van der Waals surface area contributed by atoms with Crippen molar-refractivity contribution in [3.8, 4) is 0 Å². The Balaban J connectivity index is 2.34. The van der Waals surface area contributed by atoms with Crippen LogP contribution in [-0.2, 0) is 0 Å². The minimum atomic E-state index is -0.593. The van der Waals surface area contributed by atoms with E-state index in [0.717, 1.165) is 5.56 Å². The van der Waals surface area contributed by atoms with Gasteiger partial charge in [0.05, 0.1) is 21.3 Å². The number of nitro groups is 1. The summed E-state index contributed by atoms with van der Waals surface area (Å²) in [6.45, 7) is 1.75. The number of hydrogen-bond acceptors (Lipinski definition) is 4. The number of nitrogens with one attached hydrogen (secondary N) is 1. The second-order valence-electron chi connectivity index (χ2n) is 4.23. The maximum absolute atomic E-state index is 12.2. The van der Waals surface area contributed by atoms with E-state index in [1.165, 1.54) is 18.3 Å². The number of nitrogens with zero attached hydrogens (tertiary/aromatic N) is 2. The second kappa shape index (κ2) is 6.19. The lowest BCUT2D eigenvalue weighted by molar-refractivity contribution is -0.385. The molecule has 108 valence electrons. The fraction of sp³-hybridized carbons (Fsp3) is 0.0769. The number of aryl methyl sites for hydroxylation is 1. The van der Waals surface area contributed by atoms with Crippen molar-refractivity contribution >= 4 is 44.8 Å². The van der Waals surface area contributed by atoms with Crippen molar-refractivity contribution in [3.05, 3.63) is 61.3 Å². The first-order valence-corrected chi connectivity index (χ1v) is 6.93. The Hall–Kier alpha value is -1.99. The summed E-state index contributed by atoms with van der Waals surface area (Å²) in [6, 6.07) is 5.91. The summed E-state index contributed by atoms with van der Waals surface area (Å²) in [4.78, 5) is 26.5. The molecule has 0 atom stereocenters. The van der Waals surface area contributed by atoms with Gasteiger partial charge in [-0.15, -0.1) is 0 Å². The van der Waals surface area contributed by atoms with Crippen LogP contribution >= 0.6 is 27.5 Å². The third-order valence-electron chi connectivity index (χ3n) is 2.65. The Morgan fingerprint density at radius 2 is 2.14 bits per heavy atom. The number of carbonyl (C=O) groups excluding carboxylic acids is 1. The molecule has 2 aromatic rings. The summed E-state index contributed by atoms with van der Waals surface area (Å²) in [5, 5.41) is 13.8. The molecule has 0 bridgehead atoms. The van der Waals surface area contributed by atoms with Crippen molar-refractivity contribution < 1.29 is 9.72 Å². The molecule has 1 aromatic heterocycles. The summed E-state index contributed by atoms with van der Waals surface area (Å²) in [5.41, 5.74) is 0.874. The largest absolute Gasteiger partial charge is 0.320 e. The molecule has 21 heavy (non-hydrogen) atoms. The highest BCUT2D eigenvalue weighted by molar-refractivity contribution is 9.10. The van der Waals surface area contributed by atoms with E-state index in [0.29, 0.717) is 10.2 Å². The van der Waals surface area contributed by atoms with Crippen molar-refractivity contribution in [1.82, 2.24) is 4.98 Å². The van der Waals surface area contributed by atoms with E-state index >= 15 is 0 Å². The lowest BCUT2D eigenvalue weighted by Gasteiger charge is -2.07. The highest BCUT2D eigenvalue weighted by Crippen LogP contribution is 2.25. The lowest BCUT2D eigenvalue weighted by Crippen LogP contribution is -2.14. The van der Waals surface area contributed by atoms with Gasteiger partial charge >= 0.3 is 0 Å². The molecule has 1 heterocycles. The first-order valence-electron chi connectivity index (χ1n) is 5.76. The van der Waals surface area contributed by atoms with Gasteiger partial charge in [-0.2, -0.15) is 0 Å². The van der Waals surface area contributed by atoms with Crippen molar-refractivity contribution in [1.29, 1.82) is 0 Å². The molecule has 0 aliphatic rings. The summed E-state index contributed by atoms with van der Waals surface area (Å²) in [7, 11) is 0. The van der Waals surface area contributed by atoms with Crippen molar-refractivity contribution in [2.75, 3.05) is 5.32 Å². The predicted molar refractivity (Wildman–Crippen MR) is 82.7 cm³/mol. The number of halogens is 2. The molecule has 0 spiro atoms. The van der Waals surface area contributed by atoms with Gasteiger partial charge in [-0.1, -0.05) is 17.7 Å². The van der Waals surface area contributed by atoms with Crippen LogP contribution in [0.15, 0.2) is 34.9 Å². The smallest absolute Gasteiger partial charge is 0.282 e. The van der Waals surface area contributed by atoms with Crippen LogP contribution in [0, 0.1) is 17.0 Å². The minimum absolute atomic E-state index is 0.00827. The Kier molecular flexibility index (Phi) is 4.54. The molecular weight excluding hydrogens is 362 g/mol. The normalized spacial score (nSPS) is 10.2. The number of anilines is 1. The highest BCUT2D eigenvalue weighted by atomic mass is 79.9. The summed E-state index contributed by atoms with van der Waals surface area (Å²) >= 11 is 8.95. The zero-order chi connectivity index (χ0) is 15.6. The van der Waals surface area contributed by atoms with Crippen LogP contribution in [-0.4, -0.2) is 15.8 Å². The molecule has 2 rings (SSSR count). The molecule has 8 heteroatoms. The fourth-order valence-electron chi connectivity index (χ4n) is 1.68. The Morgan fingerprint density at radius 1 is 1.43 bits per heavy atom. The third-order valence-corrected chi connectivity index (χ3v) is 3.78. The number of hydrogen-bond donors (Lipinski definition) is 1. The minimum Gasteiger partial charge on any atom is -0.320 e. The molecular formula is C13H9BrClN3O3. The van der Waals surface area contributed by atoms with E-state index in [1.54, 1.807) is 19.1 Å². The maximum atomic E-state index is 12.2. The lowest BCUT2D eigenvalue weighted by atomic mass is 10.1. The standard InChI is InChI=1S/C13H9BrClN3O3/c1-7-2-3-11(18(20)21)9(4-7)13(19)17-8-5-10(14)12(15)16-6-8/h2-6H,1H3,(H,17,19). The van der Waals surface area contributed by atoms with Crippen molar-refractivity contribution in [2.45, 2.75) is 6.92 Å². The number of pyridine rings is 1. The summed E-state index contributed by atoms with van der Waals surface area (Å²) < 4.78 is 0.515. The molecule has 6 nitrogen and oxygen atoms in total. The Bertz CT molecular complexity index is 737. The third kappa shape index (κ3) is 3.56. The molecule has 0 aliphatic carbocycles. The van der Waals surface area contributed by atoms with Gasteiger partial charge in [0, 0.05) is 6.07 Å². The van der Waals surface area contributed by atoms with E-state index in [1.807, 2.05) is 0 Å². The van der Waals surface area contributed by atoms with Crippen LogP contribution in [0.2, 0.25) is 5.15 Å². The second-order valence-corrected chi connectivity index (χ2v) is 5.44. The molecule has 1 N–H and O–H groups in total. The fourth-order valence-corrected chi connectivity index (χ4v) is 2.13. The van der Waals surface area contributed by atoms with Gasteiger partial charge in [0.25, 0.3) is 11.6 Å². The zero-order valence-electron chi connectivity index (χ0n) is 10.8. The van der Waals surface area contributed by atoms with Gasteiger partial charge in [-0.25, -0.2) is 4.98 Å². The van der Waals surface area contributed by atoms with Gasteiger partial charge in [0.2, 0.25) is 0 Å².